The van der Waals surface area contributed by atoms with Crippen molar-refractivity contribution in [3.63, 3.8) is 0 Å². The minimum Gasteiger partial charge on any atom is -0.457 e. The van der Waals surface area contributed by atoms with Gasteiger partial charge in [0.2, 0.25) is 0 Å². The molecule has 1 fully saturated rings. The molecule has 0 N–H and O–H groups in total. The number of nitrogens with zero attached hydrogens (tertiary/aromatic N) is 2. The summed E-state index contributed by atoms with van der Waals surface area (Å²) in [6.45, 7) is 2.32. The maximum Gasteiger partial charge on any atom is 0.127 e. The van der Waals surface area contributed by atoms with Crippen LogP contribution in [0.5, 0.6) is 11.5 Å². The van der Waals surface area contributed by atoms with Crippen molar-refractivity contribution in [1.29, 1.82) is 0 Å². The van der Waals surface area contributed by atoms with Crippen LogP contribution in [0, 0.1) is 5.92 Å². The number of fused-ring (bicyclic) bond motifs is 4. The largest absolute Gasteiger partial charge is 0.457 e. The Morgan fingerprint density at radius 1 is 0.600 bits per heavy atom. The van der Waals surface area contributed by atoms with Crippen molar-refractivity contribution in [3.8, 4) is 22.6 Å². The maximum atomic E-state index is 6.20. The third kappa shape index (κ3) is 10.2. The van der Waals surface area contributed by atoms with Gasteiger partial charge < -0.3 is 4.74 Å². The number of ether oxygens (including phenoxy) is 1. The second kappa shape index (κ2) is 20.2. The van der Waals surface area contributed by atoms with E-state index >= 15 is 0 Å². The Morgan fingerprint density at radius 2 is 1.35 bits per heavy atom. The van der Waals surface area contributed by atoms with Gasteiger partial charge in [0, 0.05) is 35.8 Å². The van der Waals surface area contributed by atoms with Crippen LogP contribution in [0.3, 0.4) is 0 Å². The van der Waals surface area contributed by atoms with E-state index in [4.69, 9.17) is 14.7 Å². The van der Waals surface area contributed by atoms with E-state index in [1.807, 2.05) is 42.6 Å². The number of pyridine rings is 2. The lowest BCUT2D eigenvalue weighted by Gasteiger charge is -2.32. The van der Waals surface area contributed by atoms with Crippen LogP contribution in [0.1, 0.15) is 132 Å². The maximum absolute atomic E-state index is 6.20. The minimum absolute atomic E-state index is 0.294. The fraction of sp³-hybridized carbons (Fsp3) is 0.290. The zero-order valence-corrected chi connectivity index (χ0v) is 38.1. The molecule has 3 nitrogen and oxygen atoms in total. The molecule has 2 aliphatic carbocycles. The van der Waals surface area contributed by atoms with Gasteiger partial charge in [0.1, 0.15) is 11.5 Å². The zero-order valence-electron chi connectivity index (χ0n) is 38.1. The van der Waals surface area contributed by atoms with Crippen LogP contribution in [-0.2, 0) is 32.1 Å². The number of aryl methyl sites for hydroxylation is 1. The fourth-order valence-corrected chi connectivity index (χ4v) is 11.1. The number of unbranched alkanes of at least 4 members (excludes halogenated alkanes) is 2. The molecule has 2 aromatic heterocycles. The summed E-state index contributed by atoms with van der Waals surface area (Å²) in [5.74, 6) is 3.43. The summed E-state index contributed by atoms with van der Waals surface area (Å²) in [6, 6.07) is 59.8. The van der Waals surface area contributed by atoms with Crippen molar-refractivity contribution in [2.24, 2.45) is 5.92 Å². The topological polar surface area (TPSA) is 35.0 Å². The average Bonchev–Trinajstić information content (AvgIpc) is 3.73. The number of hydrogen-bond acceptors (Lipinski definition) is 3. The summed E-state index contributed by atoms with van der Waals surface area (Å²) in [4.78, 5) is 10.3. The van der Waals surface area contributed by atoms with E-state index in [-0.39, 0.29) is 0 Å². The first-order chi connectivity index (χ1) is 32.1. The first kappa shape index (κ1) is 42.6. The van der Waals surface area contributed by atoms with E-state index in [0.717, 1.165) is 72.8 Å². The Hall–Kier alpha value is -6.32. The molecule has 0 radical (unpaired) electrons. The van der Waals surface area contributed by atoms with E-state index < -0.39 is 0 Å². The van der Waals surface area contributed by atoms with E-state index in [2.05, 4.69) is 134 Å². The Morgan fingerprint density at radius 3 is 2.20 bits per heavy atom. The van der Waals surface area contributed by atoms with E-state index in [1.54, 1.807) is 5.56 Å². The van der Waals surface area contributed by atoms with Crippen LogP contribution in [0.15, 0.2) is 170 Å². The summed E-state index contributed by atoms with van der Waals surface area (Å²) in [6.07, 6.45) is 18.2. The molecule has 1 atom stereocenters. The summed E-state index contributed by atoms with van der Waals surface area (Å²) in [7, 11) is 0. The normalized spacial score (nSPS) is 16.0. The molecule has 1 unspecified atom stereocenters. The SMILES string of the molecule is CCCCCC1CCC(c2ccc(C(CCc3ccc(Oc4ccccc4)cc3)Cc3ccc4c(c3)Cc3ccccc3-4)c(Cc3ccccn3)c2Cc2ccc3ccccc3n2)CC1. The average molecular weight is 851 g/mol. The van der Waals surface area contributed by atoms with Crippen molar-refractivity contribution in [2.45, 2.75) is 109 Å². The number of rotatable bonds is 17. The van der Waals surface area contributed by atoms with Crippen LogP contribution >= 0.6 is 0 Å². The molecule has 2 heterocycles. The number of benzene rings is 6. The summed E-state index contributed by atoms with van der Waals surface area (Å²) in [5, 5.41) is 1.19. The lowest BCUT2D eigenvalue weighted by molar-refractivity contribution is 0.302. The number of hydrogen-bond donors (Lipinski definition) is 0. The molecule has 6 aromatic carbocycles. The predicted octanol–water partition coefficient (Wildman–Crippen LogP) is 16.0. The molecule has 10 rings (SSSR count). The van der Waals surface area contributed by atoms with Crippen LogP contribution in [0.2, 0.25) is 0 Å². The Balaban J connectivity index is 1.05. The zero-order chi connectivity index (χ0) is 43.8. The summed E-state index contributed by atoms with van der Waals surface area (Å²) in [5.41, 5.74) is 17.7. The lowest BCUT2D eigenvalue weighted by atomic mass is 9.73. The molecule has 326 valence electrons. The monoisotopic (exact) mass is 850 g/mol. The van der Waals surface area contributed by atoms with Gasteiger partial charge in [-0.05, 0) is 173 Å². The Bertz CT molecular complexity index is 2820. The summed E-state index contributed by atoms with van der Waals surface area (Å²) < 4.78 is 6.20. The molecular weight excluding hydrogens is 789 g/mol. The quantitative estimate of drug-likeness (QED) is 0.0856. The van der Waals surface area contributed by atoms with Crippen LogP contribution < -0.4 is 4.74 Å². The van der Waals surface area contributed by atoms with Crippen LogP contribution in [-0.4, -0.2) is 9.97 Å². The smallest absolute Gasteiger partial charge is 0.127 e. The van der Waals surface area contributed by atoms with Crippen molar-refractivity contribution in [3.05, 3.63) is 226 Å². The fourth-order valence-electron chi connectivity index (χ4n) is 11.1. The standard InChI is InChI=1S/C62H62N2O/c1-2-3-5-14-44-22-28-47(29-23-44)57-36-37-58(60(42-52-17-12-13-38-63-52)61(57)43-53-32-31-48-15-9-11-21-62(48)64-53)50(30-24-45-25-33-55(34-26-45)65-54-18-6-4-7-19-54)39-46-27-35-59-51(40-46)41-49-16-8-10-20-56(49)59/h4,6-13,15-21,25-27,31-38,40,44,47,50H,2-3,5,14,22-24,28-30,39,41-43H2,1H3. The third-order valence-corrected chi connectivity index (χ3v) is 14.6. The first-order valence-electron chi connectivity index (χ1n) is 24.5. The van der Waals surface area contributed by atoms with Gasteiger partial charge in [0.05, 0.1) is 5.52 Å². The van der Waals surface area contributed by atoms with Gasteiger partial charge in [-0.25, -0.2) is 0 Å². The highest BCUT2D eigenvalue weighted by atomic mass is 16.5. The molecule has 0 amide bonds. The molecular formula is C62H62N2O. The van der Waals surface area contributed by atoms with Gasteiger partial charge in [-0.3, -0.25) is 9.97 Å². The van der Waals surface area contributed by atoms with Crippen LogP contribution in [0.4, 0.5) is 0 Å². The molecule has 0 aliphatic heterocycles. The molecule has 65 heavy (non-hydrogen) atoms. The predicted molar refractivity (Wildman–Crippen MR) is 269 cm³/mol. The molecule has 0 spiro atoms. The Labute approximate surface area is 387 Å². The second-order valence-corrected chi connectivity index (χ2v) is 18.9. The summed E-state index contributed by atoms with van der Waals surface area (Å²) >= 11 is 0. The molecule has 8 aromatic rings. The molecule has 0 saturated heterocycles. The van der Waals surface area contributed by atoms with E-state index in [1.165, 1.54) is 107 Å². The minimum atomic E-state index is 0.294. The van der Waals surface area contributed by atoms with E-state index in [9.17, 15) is 0 Å². The first-order valence-corrected chi connectivity index (χ1v) is 24.5. The highest BCUT2D eigenvalue weighted by Crippen LogP contribution is 2.44. The highest BCUT2D eigenvalue weighted by molar-refractivity contribution is 5.79. The second-order valence-electron chi connectivity index (χ2n) is 18.9. The van der Waals surface area contributed by atoms with Crippen LogP contribution in [0.25, 0.3) is 22.0 Å². The molecule has 1 saturated carbocycles. The van der Waals surface area contributed by atoms with Gasteiger partial charge in [-0.15, -0.1) is 0 Å². The highest BCUT2D eigenvalue weighted by Gasteiger charge is 2.29. The van der Waals surface area contributed by atoms with Gasteiger partial charge >= 0.3 is 0 Å². The third-order valence-electron chi connectivity index (χ3n) is 14.6. The van der Waals surface area contributed by atoms with Crippen molar-refractivity contribution >= 4 is 10.9 Å². The van der Waals surface area contributed by atoms with Gasteiger partial charge in [-0.2, -0.15) is 0 Å². The number of aromatic nitrogens is 2. The van der Waals surface area contributed by atoms with Gasteiger partial charge in [-0.1, -0.05) is 148 Å². The molecule has 2 aliphatic rings. The van der Waals surface area contributed by atoms with Crippen molar-refractivity contribution < 1.29 is 4.74 Å². The van der Waals surface area contributed by atoms with Crippen molar-refractivity contribution in [2.75, 3.05) is 0 Å². The lowest BCUT2D eigenvalue weighted by Crippen LogP contribution is -2.18. The molecule has 3 heteroatoms. The molecule has 0 bridgehead atoms. The van der Waals surface area contributed by atoms with Crippen molar-refractivity contribution in [1.82, 2.24) is 9.97 Å². The van der Waals surface area contributed by atoms with E-state index in [0.29, 0.717) is 11.8 Å². The number of para-hydroxylation sites is 2. The Kier molecular flexibility index (Phi) is 13.3. The van der Waals surface area contributed by atoms with Gasteiger partial charge in [0.25, 0.3) is 0 Å². The van der Waals surface area contributed by atoms with Gasteiger partial charge in [0.15, 0.2) is 0 Å².